The Hall–Kier alpha value is 0. The van der Waals surface area contributed by atoms with Gasteiger partial charge in [0.1, 0.15) is 0 Å². The first-order valence-corrected chi connectivity index (χ1v) is 22.1. The van der Waals surface area contributed by atoms with Crippen LogP contribution in [0.1, 0.15) is 247 Å². The van der Waals surface area contributed by atoms with E-state index in [1.807, 2.05) is 0 Å². The molecule has 1 unspecified atom stereocenters. The molecule has 0 bridgehead atoms. The molecule has 0 aliphatic heterocycles. The third-order valence-corrected chi connectivity index (χ3v) is 13.1. The third-order valence-electron chi connectivity index (χ3n) is 13.1. The Bertz CT molecular complexity index is 672. The van der Waals surface area contributed by atoms with Crippen LogP contribution in [-0.4, -0.2) is 0 Å². The predicted octanol–water partition coefficient (Wildman–Crippen LogP) is 17.6. The van der Waals surface area contributed by atoms with E-state index in [-0.39, 0.29) is 0 Å². The largest absolute Gasteiger partial charge is 0.0654 e. The van der Waals surface area contributed by atoms with Gasteiger partial charge in [-0.1, -0.05) is 196 Å². The lowest BCUT2D eigenvalue weighted by atomic mass is 9.94. The van der Waals surface area contributed by atoms with Crippen molar-refractivity contribution in [1.29, 1.82) is 0 Å². The molecule has 0 spiro atoms. The summed E-state index contributed by atoms with van der Waals surface area (Å²) in [6.07, 6.45) is 25.9. The van der Waals surface area contributed by atoms with Gasteiger partial charge in [-0.05, 0) is 114 Å². The molecule has 0 aromatic rings. The van der Waals surface area contributed by atoms with Crippen molar-refractivity contribution in [3.63, 3.8) is 0 Å². The SMILES string of the molecule is CC(C)C1CC1.CCC(C)(C)C.CCC(C)CC.CCC1(C)CC1.CCC1(C)CC1.CCC1C[C@@H]1C.CCCC1CC1.C[C@H]1CC1(C)C. The second-order valence-corrected chi connectivity index (χ2v) is 20.5. The Kier molecular flexibility index (Phi) is 26.2. The van der Waals surface area contributed by atoms with E-state index in [1.165, 1.54) is 116 Å². The molecule has 0 heteroatoms. The highest BCUT2D eigenvalue weighted by atomic mass is 14.5. The van der Waals surface area contributed by atoms with Crippen molar-refractivity contribution in [2.24, 2.45) is 63.1 Å². The summed E-state index contributed by atoms with van der Waals surface area (Å²) in [5.74, 6) is 7.31. The van der Waals surface area contributed by atoms with Gasteiger partial charge in [-0.15, -0.1) is 0 Å². The molecule has 48 heavy (non-hydrogen) atoms. The summed E-state index contributed by atoms with van der Waals surface area (Å²) in [6.45, 7) is 43.3. The maximum atomic E-state index is 2.35. The van der Waals surface area contributed by atoms with Crippen LogP contribution in [0.4, 0.5) is 0 Å². The van der Waals surface area contributed by atoms with E-state index in [2.05, 4.69) is 132 Å². The molecule has 6 saturated carbocycles. The third kappa shape index (κ3) is 33.2. The molecule has 0 aromatic carbocycles. The Morgan fingerprint density at radius 2 is 1.02 bits per heavy atom. The number of hydrogen-bond acceptors (Lipinski definition) is 0. The van der Waals surface area contributed by atoms with E-state index >= 15 is 0 Å². The maximum Gasteiger partial charge on any atom is -0.0326 e. The molecule has 0 aromatic heterocycles. The molecular formula is C48H100. The first-order valence-electron chi connectivity index (χ1n) is 22.1. The highest BCUT2D eigenvalue weighted by molar-refractivity contribution is 4.91. The maximum absolute atomic E-state index is 2.35. The molecule has 6 aliphatic carbocycles. The van der Waals surface area contributed by atoms with Gasteiger partial charge in [-0.3, -0.25) is 0 Å². The molecular weight excluding hydrogens is 577 g/mol. The average Bonchev–Trinajstić information content (AvgIpc) is 3.83. The Morgan fingerprint density at radius 1 is 0.667 bits per heavy atom. The lowest BCUT2D eigenvalue weighted by molar-refractivity contribution is 0.398. The second-order valence-electron chi connectivity index (χ2n) is 20.5. The minimum Gasteiger partial charge on any atom is -0.0654 e. The zero-order chi connectivity index (χ0) is 37.8. The van der Waals surface area contributed by atoms with Gasteiger partial charge in [0.15, 0.2) is 0 Å². The zero-order valence-corrected chi connectivity index (χ0v) is 37.8. The molecule has 6 aliphatic rings. The van der Waals surface area contributed by atoms with Crippen LogP contribution in [0, 0.1) is 63.1 Å². The topological polar surface area (TPSA) is 0 Å². The predicted molar refractivity (Wildman–Crippen MR) is 225 cm³/mol. The smallest absolute Gasteiger partial charge is 0.0326 e. The van der Waals surface area contributed by atoms with Gasteiger partial charge >= 0.3 is 0 Å². The molecule has 0 amide bonds. The fraction of sp³-hybridized carbons (Fsp3) is 1.00. The molecule has 0 N–H and O–H groups in total. The standard InChI is InChI=1S/6C6H12.2C6H14/c1-5-4-6(5,2)3;1-5(2)6-3-4-6;2*1-3-6(2)4-5-6;1-3-6-4-5(6)2;1-2-3-6-4-5-6;1-5-6(2,3)4;1-4-6(3)5-2/h5H,4H2,1-3H3;5-6H,3-4H2,1-2H3;2*3-5H2,1-2H3;5-6H,3-4H2,1-2H3;6H,2-5H2,1H3;5H2,1-4H3;6H,4-5H2,1-3H3/t5-;;;;5-,6?;;;/m0...0.../s1. The normalized spacial score (nSPS) is 25.3. The van der Waals surface area contributed by atoms with Crippen LogP contribution < -0.4 is 0 Å². The fourth-order valence-electron chi connectivity index (χ4n) is 4.70. The van der Waals surface area contributed by atoms with E-state index in [1.54, 1.807) is 0 Å². The zero-order valence-electron chi connectivity index (χ0n) is 37.8. The summed E-state index contributed by atoms with van der Waals surface area (Å²) in [5, 5.41) is 0. The van der Waals surface area contributed by atoms with Gasteiger partial charge in [-0.25, -0.2) is 0 Å². The van der Waals surface area contributed by atoms with Crippen molar-refractivity contribution in [2.75, 3.05) is 0 Å². The Balaban J connectivity index is 0. The van der Waals surface area contributed by atoms with Crippen molar-refractivity contribution in [2.45, 2.75) is 247 Å². The van der Waals surface area contributed by atoms with Crippen LogP contribution in [0.2, 0.25) is 0 Å². The molecule has 0 nitrogen and oxygen atoms in total. The highest BCUT2D eigenvalue weighted by Crippen LogP contribution is 2.51. The van der Waals surface area contributed by atoms with Crippen molar-refractivity contribution in [3.05, 3.63) is 0 Å². The Labute approximate surface area is 309 Å². The van der Waals surface area contributed by atoms with E-state index in [4.69, 9.17) is 0 Å². The molecule has 0 heterocycles. The van der Waals surface area contributed by atoms with Crippen molar-refractivity contribution in [3.8, 4) is 0 Å². The van der Waals surface area contributed by atoms with Gasteiger partial charge in [-0.2, -0.15) is 0 Å². The summed E-state index contributed by atoms with van der Waals surface area (Å²) in [4.78, 5) is 0. The summed E-state index contributed by atoms with van der Waals surface area (Å²) in [5.41, 5.74) is 2.83. The minimum atomic E-state index is 0.542. The van der Waals surface area contributed by atoms with Crippen LogP contribution in [0.15, 0.2) is 0 Å². The number of hydrogen-bond donors (Lipinski definition) is 0. The van der Waals surface area contributed by atoms with Crippen molar-refractivity contribution in [1.82, 2.24) is 0 Å². The van der Waals surface area contributed by atoms with E-state index in [0.717, 1.165) is 52.3 Å². The van der Waals surface area contributed by atoms with Gasteiger partial charge in [0.2, 0.25) is 0 Å². The lowest BCUT2D eigenvalue weighted by Crippen LogP contribution is -2.00. The number of rotatable bonds is 8. The van der Waals surface area contributed by atoms with E-state index < -0.39 is 0 Å². The summed E-state index contributed by atoms with van der Waals surface area (Å²) >= 11 is 0. The highest BCUT2D eigenvalue weighted by Gasteiger charge is 2.41. The van der Waals surface area contributed by atoms with Gasteiger partial charge in [0.25, 0.3) is 0 Å². The van der Waals surface area contributed by atoms with Crippen LogP contribution in [0.5, 0.6) is 0 Å². The first-order chi connectivity index (χ1) is 22.1. The second kappa shape index (κ2) is 25.1. The summed E-state index contributed by atoms with van der Waals surface area (Å²) in [6, 6.07) is 0. The van der Waals surface area contributed by atoms with Gasteiger partial charge in [0.05, 0.1) is 0 Å². The minimum absolute atomic E-state index is 0.542. The average molecular weight is 677 g/mol. The van der Waals surface area contributed by atoms with Crippen LogP contribution >= 0.6 is 0 Å². The molecule has 0 radical (unpaired) electrons. The quantitative estimate of drug-likeness (QED) is 0.240. The summed E-state index contributed by atoms with van der Waals surface area (Å²) in [7, 11) is 0. The van der Waals surface area contributed by atoms with Crippen molar-refractivity contribution >= 4 is 0 Å². The Morgan fingerprint density at radius 3 is 1.04 bits per heavy atom. The molecule has 0 saturated heterocycles. The lowest BCUT2D eigenvalue weighted by Gasteiger charge is -2.12. The van der Waals surface area contributed by atoms with Crippen molar-refractivity contribution < 1.29 is 0 Å². The molecule has 292 valence electrons. The van der Waals surface area contributed by atoms with E-state index in [0.29, 0.717) is 10.8 Å². The van der Waals surface area contributed by atoms with Crippen LogP contribution in [0.25, 0.3) is 0 Å². The molecule has 3 atom stereocenters. The molecule has 6 fully saturated rings. The van der Waals surface area contributed by atoms with E-state index in [9.17, 15) is 0 Å². The van der Waals surface area contributed by atoms with Gasteiger partial charge < -0.3 is 0 Å². The van der Waals surface area contributed by atoms with Crippen LogP contribution in [0.3, 0.4) is 0 Å². The van der Waals surface area contributed by atoms with Gasteiger partial charge in [0, 0.05) is 0 Å². The summed E-state index contributed by atoms with van der Waals surface area (Å²) < 4.78 is 0. The monoisotopic (exact) mass is 677 g/mol. The van der Waals surface area contributed by atoms with Crippen LogP contribution in [-0.2, 0) is 0 Å². The first kappa shape index (κ1) is 50.1. The fourth-order valence-corrected chi connectivity index (χ4v) is 4.70. The molecule has 6 rings (SSSR count).